The first kappa shape index (κ1) is 10.9. The van der Waals surface area contributed by atoms with Crippen LogP contribution in [0.1, 0.15) is 0 Å². The SMILES string of the molecule is O=CNCC[n+]1ccccc1.[Cl-]. The van der Waals surface area contributed by atoms with Crippen LogP contribution in [0.5, 0.6) is 0 Å². The normalized spacial score (nSPS) is 8.33. The Hall–Kier alpha value is -1.09. The summed E-state index contributed by atoms with van der Waals surface area (Å²) in [4.78, 5) is 9.87. The highest BCUT2D eigenvalue weighted by Crippen LogP contribution is 1.75. The van der Waals surface area contributed by atoms with E-state index in [0.29, 0.717) is 13.0 Å². The molecule has 4 heteroatoms. The third kappa shape index (κ3) is 3.93. The van der Waals surface area contributed by atoms with Crippen molar-refractivity contribution in [3.8, 4) is 0 Å². The molecule has 0 aromatic carbocycles. The van der Waals surface area contributed by atoms with Gasteiger partial charge in [0.25, 0.3) is 0 Å². The zero-order valence-electron chi connectivity index (χ0n) is 6.61. The topological polar surface area (TPSA) is 33.0 Å². The summed E-state index contributed by atoms with van der Waals surface area (Å²) < 4.78 is 2.01. The van der Waals surface area contributed by atoms with Gasteiger partial charge < -0.3 is 17.7 Å². The number of pyridine rings is 1. The molecule has 1 rings (SSSR count). The maximum atomic E-state index is 9.87. The Morgan fingerprint density at radius 2 is 1.92 bits per heavy atom. The van der Waals surface area contributed by atoms with Crippen LogP contribution in [0.2, 0.25) is 0 Å². The quantitative estimate of drug-likeness (QED) is 0.299. The predicted molar refractivity (Wildman–Crippen MR) is 40.7 cm³/mol. The van der Waals surface area contributed by atoms with Gasteiger partial charge in [-0.3, -0.25) is 4.79 Å². The Bertz CT molecular complexity index is 216. The highest BCUT2D eigenvalue weighted by atomic mass is 35.5. The first-order valence-corrected chi connectivity index (χ1v) is 3.54. The fraction of sp³-hybridized carbons (Fsp3) is 0.250. The average Bonchev–Trinajstić information content (AvgIpc) is 2.07. The van der Waals surface area contributed by atoms with E-state index in [0.717, 1.165) is 6.54 Å². The van der Waals surface area contributed by atoms with E-state index in [1.54, 1.807) is 0 Å². The van der Waals surface area contributed by atoms with Gasteiger partial charge in [0.1, 0.15) is 0 Å². The predicted octanol–water partition coefficient (Wildman–Crippen LogP) is -3.28. The lowest BCUT2D eigenvalue weighted by Crippen LogP contribution is -3.00. The van der Waals surface area contributed by atoms with Gasteiger partial charge in [-0.05, 0) is 0 Å². The molecule has 0 unspecified atom stereocenters. The number of rotatable bonds is 4. The second-order valence-electron chi connectivity index (χ2n) is 2.19. The highest BCUT2D eigenvalue weighted by Gasteiger charge is 1.94. The third-order valence-corrected chi connectivity index (χ3v) is 1.37. The minimum absolute atomic E-state index is 0. The highest BCUT2D eigenvalue weighted by molar-refractivity contribution is 5.45. The molecule has 66 valence electrons. The van der Waals surface area contributed by atoms with Crippen LogP contribution in [0.4, 0.5) is 0 Å². The third-order valence-electron chi connectivity index (χ3n) is 1.37. The molecule has 1 N–H and O–H groups in total. The maximum absolute atomic E-state index is 9.87. The van der Waals surface area contributed by atoms with E-state index in [1.165, 1.54) is 0 Å². The molecule has 0 aliphatic rings. The summed E-state index contributed by atoms with van der Waals surface area (Å²) in [6.45, 7) is 1.50. The van der Waals surface area contributed by atoms with Crippen LogP contribution >= 0.6 is 0 Å². The summed E-state index contributed by atoms with van der Waals surface area (Å²) in [6, 6.07) is 5.88. The van der Waals surface area contributed by atoms with E-state index >= 15 is 0 Å². The number of carbonyl (C=O) groups is 1. The van der Waals surface area contributed by atoms with Crippen molar-refractivity contribution >= 4 is 6.41 Å². The van der Waals surface area contributed by atoms with Crippen molar-refractivity contribution in [1.29, 1.82) is 0 Å². The zero-order valence-corrected chi connectivity index (χ0v) is 7.37. The number of nitrogens with one attached hydrogen (secondary N) is 1. The molecular weight excluding hydrogens is 176 g/mol. The van der Waals surface area contributed by atoms with Gasteiger partial charge in [0.05, 0.1) is 6.54 Å². The first-order chi connectivity index (χ1) is 5.43. The van der Waals surface area contributed by atoms with Gasteiger partial charge in [-0.25, -0.2) is 4.57 Å². The minimum atomic E-state index is 0. The summed E-state index contributed by atoms with van der Waals surface area (Å²) in [7, 11) is 0. The number of hydrogen-bond donors (Lipinski definition) is 1. The Balaban J connectivity index is 0.00000121. The van der Waals surface area contributed by atoms with Crippen LogP contribution in [0.15, 0.2) is 30.6 Å². The van der Waals surface area contributed by atoms with Gasteiger partial charge in [-0.1, -0.05) is 6.07 Å². The number of carbonyl (C=O) groups excluding carboxylic acids is 1. The van der Waals surface area contributed by atoms with Gasteiger partial charge in [-0.2, -0.15) is 0 Å². The molecule has 0 spiro atoms. The molecule has 12 heavy (non-hydrogen) atoms. The van der Waals surface area contributed by atoms with E-state index in [-0.39, 0.29) is 12.4 Å². The molecule has 1 amide bonds. The zero-order chi connectivity index (χ0) is 7.94. The van der Waals surface area contributed by atoms with Crippen LogP contribution in [0.25, 0.3) is 0 Å². The lowest BCUT2D eigenvalue weighted by Gasteiger charge is -1.93. The Morgan fingerprint density at radius 3 is 2.50 bits per heavy atom. The second kappa shape index (κ2) is 6.61. The number of halogens is 1. The van der Waals surface area contributed by atoms with Crippen molar-refractivity contribution < 1.29 is 21.8 Å². The molecule has 0 aliphatic carbocycles. The van der Waals surface area contributed by atoms with Gasteiger partial charge >= 0.3 is 0 Å². The summed E-state index contributed by atoms with van der Waals surface area (Å²) in [6.07, 6.45) is 4.64. The smallest absolute Gasteiger partial charge is 0.207 e. The van der Waals surface area contributed by atoms with Gasteiger partial charge in [-0.15, -0.1) is 0 Å². The van der Waals surface area contributed by atoms with E-state index in [4.69, 9.17) is 0 Å². The lowest BCUT2D eigenvalue weighted by molar-refractivity contribution is -0.694. The molecule has 1 aromatic rings. The van der Waals surface area contributed by atoms with Gasteiger partial charge in [0.15, 0.2) is 18.9 Å². The first-order valence-electron chi connectivity index (χ1n) is 3.54. The van der Waals surface area contributed by atoms with Gasteiger partial charge in [0.2, 0.25) is 6.41 Å². The van der Waals surface area contributed by atoms with Crippen LogP contribution in [0.3, 0.4) is 0 Å². The van der Waals surface area contributed by atoms with Crippen molar-refractivity contribution in [3.63, 3.8) is 0 Å². The summed E-state index contributed by atoms with van der Waals surface area (Å²) in [5.41, 5.74) is 0. The van der Waals surface area contributed by atoms with Crippen molar-refractivity contribution in [2.45, 2.75) is 6.54 Å². The van der Waals surface area contributed by atoms with Crippen LogP contribution < -0.4 is 22.3 Å². The van der Waals surface area contributed by atoms with E-state index in [9.17, 15) is 4.79 Å². The summed E-state index contributed by atoms with van der Waals surface area (Å²) in [5, 5.41) is 2.60. The number of hydrogen-bond acceptors (Lipinski definition) is 1. The Morgan fingerprint density at radius 1 is 1.25 bits per heavy atom. The standard InChI is InChI=1S/C8H10N2O.ClH/c11-8-9-4-7-10-5-2-1-3-6-10;/h1-3,5-6,8H,4,7H2;1H. The number of aromatic nitrogens is 1. The maximum Gasteiger partial charge on any atom is 0.207 e. The number of nitrogens with zero attached hydrogens (tertiary/aromatic N) is 1. The largest absolute Gasteiger partial charge is 1.00 e. The summed E-state index contributed by atoms with van der Waals surface area (Å²) >= 11 is 0. The molecule has 0 aliphatic heterocycles. The van der Waals surface area contributed by atoms with Crippen LogP contribution in [-0.4, -0.2) is 13.0 Å². The molecule has 0 radical (unpaired) electrons. The minimum Gasteiger partial charge on any atom is -1.00 e. The molecule has 0 fully saturated rings. The fourth-order valence-electron chi connectivity index (χ4n) is 0.836. The van der Waals surface area contributed by atoms with E-state index in [2.05, 4.69) is 5.32 Å². The van der Waals surface area contributed by atoms with Crippen molar-refractivity contribution in [2.24, 2.45) is 0 Å². The Labute approximate surface area is 77.8 Å². The van der Waals surface area contributed by atoms with Crippen molar-refractivity contribution in [1.82, 2.24) is 5.32 Å². The van der Waals surface area contributed by atoms with E-state index < -0.39 is 0 Å². The average molecular weight is 187 g/mol. The lowest BCUT2D eigenvalue weighted by atomic mass is 10.5. The molecular formula is C8H11ClN2O. The fourth-order valence-corrected chi connectivity index (χ4v) is 0.836. The molecule has 0 atom stereocenters. The molecule has 0 saturated heterocycles. The second-order valence-corrected chi connectivity index (χ2v) is 2.19. The summed E-state index contributed by atoms with van der Waals surface area (Å²) in [5.74, 6) is 0. The molecule has 3 nitrogen and oxygen atoms in total. The van der Waals surface area contributed by atoms with Crippen molar-refractivity contribution in [3.05, 3.63) is 30.6 Å². The molecule has 0 bridgehead atoms. The van der Waals surface area contributed by atoms with Gasteiger partial charge in [0, 0.05) is 12.1 Å². The Kier molecular flexibility index (Phi) is 6.01. The van der Waals surface area contributed by atoms with Crippen LogP contribution in [0, 0.1) is 0 Å². The number of amides is 1. The van der Waals surface area contributed by atoms with Crippen molar-refractivity contribution in [2.75, 3.05) is 6.54 Å². The van der Waals surface area contributed by atoms with Crippen LogP contribution in [-0.2, 0) is 11.3 Å². The monoisotopic (exact) mass is 186 g/mol. The van der Waals surface area contributed by atoms with E-state index in [1.807, 2.05) is 35.2 Å². The molecule has 1 heterocycles. The molecule has 0 saturated carbocycles. The molecule has 1 aromatic heterocycles.